The third kappa shape index (κ3) is 2.94. The van der Waals surface area contributed by atoms with Crippen molar-refractivity contribution >= 4 is 13.1 Å². The summed E-state index contributed by atoms with van der Waals surface area (Å²) in [5.41, 5.74) is 0.171. The molecule has 0 spiro atoms. The van der Waals surface area contributed by atoms with Crippen LogP contribution >= 0.6 is 0 Å². The summed E-state index contributed by atoms with van der Waals surface area (Å²) in [5, 5.41) is 0. The smallest absolute Gasteiger partial charge is 0.466 e. The number of hydrogen-bond donors (Lipinski definition) is 0. The second kappa shape index (κ2) is 5.53. The van der Waals surface area contributed by atoms with E-state index in [-0.39, 0.29) is 17.2 Å². The molecule has 0 radical (unpaired) electrons. The topological polar surface area (TPSA) is 44.8 Å². The Labute approximate surface area is 122 Å². The van der Waals surface area contributed by atoms with Gasteiger partial charge in [-0.05, 0) is 51.9 Å². The highest BCUT2D eigenvalue weighted by molar-refractivity contribution is 6.55. The zero-order chi connectivity index (χ0) is 15.0. The van der Waals surface area contributed by atoms with Gasteiger partial charge in [-0.15, -0.1) is 0 Å². The average Bonchev–Trinajstić information content (AvgIpc) is 2.93. The lowest BCUT2D eigenvalue weighted by Crippen LogP contribution is -2.41. The molecule has 1 aliphatic carbocycles. The number of carbonyl (C=O) groups is 1. The van der Waals surface area contributed by atoms with Crippen molar-refractivity contribution in [2.24, 2.45) is 5.92 Å². The van der Waals surface area contributed by atoms with Gasteiger partial charge in [0.1, 0.15) is 0 Å². The minimum absolute atomic E-state index is 0.332. The maximum Gasteiger partial charge on any atom is 0.491 e. The second-order valence-electron chi connectivity index (χ2n) is 6.74. The molecule has 0 aromatic rings. The fourth-order valence-corrected chi connectivity index (χ4v) is 2.81. The molecule has 1 aliphatic heterocycles. The molecular weight excluding hydrogens is 255 g/mol. The Hall–Kier alpha value is -0.805. The van der Waals surface area contributed by atoms with Crippen LogP contribution in [0, 0.1) is 5.92 Å². The molecule has 1 heterocycles. The molecule has 0 unspecified atom stereocenters. The van der Waals surface area contributed by atoms with Crippen molar-refractivity contribution in [2.45, 2.75) is 64.6 Å². The van der Waals surface area contributed by atoms with E-state index in [0.717, 1.165) is 18.3 Å². The third-order valence-electron chi connectivity index (χ3n) is 4.84. The molecule has 5 heteroatoms. The molecule has 2 aliphatic rings. The first-order valence-corrected chi connectivity index (χ1v) is 7.42. The van der Waals surface area contributed by atoms with E-state index in [1.54, 1.807) is 6.08 Å². The van der Waals surface area contributed by atoms with E-state index in [4.69, 9.17) is 14.0 Å². The molecule has 0 atom stereocenters. The summed E-state index contributed by atoms with van der Waals surface area (Å²) < 4.78 is 16.9. The van der Waals surface area contributed by atoms with Crippen LogP contribution in [0.15, 0.2) is 11.5 Å². The highest BCUT2D eigenvalue weighted by Gasteiger charge is 2.53. The van der Waals surface area contributed by atoms with E-state index in [1.807, 2.05) is 27.7 Å². The van der Waals surface area contributed by atoms with Crippen molar-refractivity contribution in [3.63, 3.8) is 0 Å². The Morgan fingerprint density at radius 2 is 1.65 bits per heavy atom. The van der Waals surface area contributed by atoms with E-state index in [0.29, 0.717) is 5.92 Å². The van der Waals surface area contributed by atoms with Gasteiger partial charge in [0.2, 0.25) is 0 Å². The van der Waals surface area contributed by atoms with Gasteiger partial charge in [-0.3, -0.25) is 0 Å². The lowest BCUT2D eigenvalue weighted by molar-refractivity contribution is -0.134. The molecule has 0 aromatic carbocycles. The van der Waals surface area contributed by atoms with Gasteiger partial charge in [0, 0.05) is 6.08 Å². The molecular formula is C15H25BO4. The highest BCUT2D eigenvalue weighted by atomic mass is 16.7. The standard InChI is InChI=1S/C15H25BO4/c1-14(2)15(3,4)20-16(19-14)12(10-13(17)18-5)11-8-6-7-9-11/h10-11H,6-9H2,1-5H3/b12-10+. The zero-order valence-corrected chi connectivity index (χ0v) is 13.2. The minimum atomic E-state index is -0.442. The first kappa shape index (κ1) is 15.6. The summed E-state index contributed by atoms with van der Waals surface area (Å²) in [6.07, 6.45) is 6.14. The number of allylic oxidation sites excluding steroid dienone is 1. The molecule has 0 bridgehead atoms. The Bertz CT molecular complexity index is 392. The molecule has 0 N–H and O–H groups in total. The summed E-state index contributed by atoms with van der Waals surface area (Å²) in [4.78, 5) is 11.6. The maximum absolute atomic E-state index is 11.6. The predicted molar refractivity (Wildman–Crippen MR) is 78.1 cm³/mol. The lowest BCUT2D eigenvalue weighted by atomic mass is 9.70. The molecule has 0 aromatic heterocycles. The van der Waals surface area contributed by atoms with Gasteiger partial charge < -0.3 is 14.0 Å². The van der Waals surface area contributed by atoms with Crippen LogP contribution in [0.1, 0.15) is 53.4 Å². The van der Waals surface area contributed by atoms with E-state index >= 15 is 0 Å². The predicted octanol–water partition coefficient (Wildman–Crippen LogP) is 2.91. The summed E-state index contributed by atoms with van der Waals surface area (Å²) in [5.74, 6) is 0.0328. The average molecular weight is 280 g/mol. The van der Waals surface area contributed by atoms with Crippen LogP contribution in [-0.2, 0) is 18.8 Å². The highest BCUT2D eigenvalue weighted by Crippen LogP contribution is 2.42. The minimum Gasteiger partial charge on any atom is -0.466 e. The van der Waals surface area contributed by atoms with Crippen molar-refractivity contribution in [1.29, 1.82) is 0 Å². The van der Waals surface area contributed by atoms with Gasteiger partial charge in [-0.25, -0.2) is 4.79 Å². The molecule has 2 fully saturated rings. The number of hydrogen-bond acceptors (Lipinski definition) is 4. The van der Waals surface area contributed by atoms with Gasteiger partial charge in [-0.1, -0.05) is 12.8 Å². The summed E-state index contributed by atoms with van der Waals surface area (Å²) in [6, 6.07) is 0. The molecule has 4 nitrogen and oxygen atoms in total. The van der Waals surface area contributed by atoms with Gasteiger partial charge in [0.05, 0.1) is 18.3 Å². The van der Waals surface area contributed by atoms with Crippen molar-refractivity contribution in [3.05, 3.63) is 11.5 Å². The van der Waals surface area contributed by atoms with E-state index in [1.165, 1.54) is 20.0 Å². The normalized spacial score (nSPS) is 26.1. The monoisotopic (exact) mass is 280 g/mol. The zero-order valence-electron chi connectivity index (χ0n) is 13.2. The largest absolute Gasteiger partial charge is 0.491 e. The van der Waals surface area contributed by atoms with Crippen molar-refractivity contribution in [2.75, 3.05) is 7.11 Å². The van der Waals surface area contributed by atoms with Crippen molar-refractivity contribution in [3.8, 4) is 0 Å². The number of carbonyl (C=O) groups excluding carboxylic acids is 1. The van der Waals surface area contributed by atoms with Crippen LogP contribution in [0.4, 0.5) is 0 Å². The Kier molecular flexibility index (Phi) is 4.31. The van der Waals surface area contributed by atoms with Crippen molar-refractivity contribution < 1.29 is 18.8 Å². The maximum atomic E-state index is 11.6. The number of methoxy groups -OCH3 is 1. The van der Waals surface area contributed by atoms with Crippen LogP contribution in [0.2, 0.25) is 0 Å². The number of esters is 1. The van der Waals surface area contributed by atoms with Crippen LogP contribution in [0.25, 0.3) is 0 Å². The van der Waals surface area contributed by atoms with E-state index < -0.39 is 7.12 Å². The molecule has 20 heavy (non-hydrogen) atoms. The van der Waals surface area contributed by atoms with Gasteiger partial charge in [-0.2, -0.15) is 0 Å². The fraction of sp³-hybridized carbons (Fsp3) is 0.800. The van der Waals surface area contributed by atoms with Gasteiger partial charge >= 0.3 is 13.1 Å². The molecule has 0 amide bonds. The van der Waals surface area contributed by atoms with Crippen LogP contribution in [0.5, 0.6) is 0 Å². The molecule has 112 valence electrons. The van der Waals surface area contributed by atoms with Gasteiger partial charge in [0.25, 0.3) is 0 Å². The Morgan fingerprint density at radius 3 is 2.10 bits per heavy atom. The van der Waals surface area contributed by atoms with Crippen LogP contribution in [0.3, 0.4) is 0 Å². The van der Waals surface area contributed by atoms with E-state index in [9.17, 15) is 4.79 Å². The lowest BCUT2D eigenvalue weighted by Gasteiger charge is -2.32. The second-order valence-corrected chi connectivity index (χ2v) is 6.74. The Balaban J connectivity index is 2.24. The Morgan fingerprint density at radius 1 is 1.15 bits per heavy atom. The number of rotatable bonds is 3. The van der Waals surface area contributed by atoms with Gasteiger partial charge in [0.15, 0.2) is 0 Å². The first-order valence-electron chi connectivity index (χ1n) is 7.42. The molecule has 1 saturated heterocycles. The first-order chi connectivity index (χ1) is 9.27. The quantitative estimate of drug-likeness (QED) is 0.453. The number of ether oxygens (including phenoxy) is 1. The van der Waals surface area contributed by atoms with Crippen molar-refractivity contribution in [1.82, 2.24) is 0 Å². The van der Waals surface area contributed by atoms with Crippen LogP contribution < -0.4 is 0 Å². The molecule has 1 saturated carbocycles. The summed E-state index contributed by atoms with van der Waals surface area (Å²) >= 11 is 0. The summed E-state index contributed by atoms with van der Waals surface area (Å²) in [7, 11) is 0.956. The SMILES string of the molecule is COC(=O)/C=C(/B1OC(C)(C)C(C)(C)O1)C1CCCC1. The third-order valence-corrected chi connectivity index (χ3v) is 4.84. The molecule has 2 rings (SSSR count). The fourth-order valence-electron chi connectivity index (χ4n) is 2.81. The van der Waals surface area contributed by atoms with Crippen LogP contribution in [-0.4, -0.2) is 31.4 Å². The summed E-state index contributed by atoms with van der Waals surface area (Å²) in [6.45, 7) is 8.10. The van der Waals surface area contributed by atoms with E-state index in [2.05, 4.69) is 0 Å².